The average Bonchev–Trinajstić information content (AvgIpc) is 3.16. The Bertz CT molecular complexity index is 793. The molecule has 0 N–H and O–H groups in total. The van der Waals surface area contributed by atoms with Crippen LogP contribution in [-0.4, -0.2) is 3.21 Å². The maximum absolute atomic E-state index is 2.41. The van der Waals surface area contributed by atoms with Gasteiger partial charge in [0.05, 0.1) is 0 Å². The van der Waals surface area contributed by atoms with Gasteiger partial charge in [-0.1, -0.05) is 0 Å². The Morgan fingerprint density at radius 1 is 0.913 bits per heavy atom. The minimum absolute atomic E-state index is 0. The molecule has 4 rings (SSSR count). The third-order valence-electron chi connectivity index (χ3n) is 4.78. The number of halogens is 1. The van der Waals surface area contributed by atoms with Crippen LogP contribution in [0.15, 0.2) is 70.0 Å². The van der Waals surface area contributed by atoms with Gasteiger partial charge in [0.1, 0.15) is 0 Å². The summed E-state index contributed by atoms with van der Waals surface area (Å²) in [6.07, 6.45) is 8.17. The Kier molecular flexibility index (Phi) is 4.99. The molecule has 2 aromatic rings. The van der Waals surface area contributed by atoms with Crippen molar-refractivity contribution < 1.29 is 33.7 Å². The van der Waals surface area contributed by atoms with Crippen LogP contribution in [0, 0.1) is 0 Å². The number of hydrogen-bond donors (Lipinski definition) is 0. The van der Waals surface area contributed by atoms with E-state index >= 15 is 0 Å². The molecule has 2 heteroatoms. The molecule has 0 amide bonds. The summed E-state index contributed by atoms with van der Waals surface area (Å²) in [7, 11) is 0. The van der Waals surface area contributed by atoms with Crippen LogP contribution < -0.4 is 12.4 Å². The first-order valence-electron chi connectivity index (χ1n) is 7.99. The molecule has 0 fully saturated rings. The standard InChI is InChI=1S/C13H9.C5H5.C3H6.ClH.Zr/c1-3-7-12-10(5-1)9-11-6-2-4-8-13(11)12;1-2-4-5-3-1;1-3-2;;/h1-9H;1-3H,4H2;1-2H3;1H;/q;;;;+1/p-1. The fourth-order valence-corrected chi connectivity index (χ4v) is 12.1. The molecule has 0 spiro atoms. The van der Waals surface area contributed by atoms with Crippen molar-refractivity contribution in [2.45, 2.75) is 23.9 Å². The van der Waals surface area contributed by atoms with Crippen LogP contribution in [0.4, 0.5) is 0 Å². The Balaban J connectivity index is 0.00000156. The summed E-state index contributed by atoms with van der Waals surface area (Å²) in [6, 6.07) is 18.1. The van der Waals surface area contributed by atoms with Crippen LogP contribution in [0.3, 0.4) is 0 Å². The Morgan fingerprint density at radius 3 is 1.96 bits per heavy atom. The van der Waals surface area contributed by atoms with Gasteiger partial charge in [-0.25, -0.2) is 0 Å². The van der Waals surface area contributed by atoms with E-state index in [9.17, 15) is 0 Å². The topological polar surface area (TPSA) is 0 Å². The van der Waals surface area contributed by atoms with E-state index in [0.29, 0.717) is 3.63 Å². The summed E-state index contributed by atoms with van der Waals surface area (Å²) in [4.78, 5) is 0. The van der Waals surface area contributed by atoms with E-state index in [1.807, 2.05) is 0 Å². The Labute approximate surface area is 152 Å². The van der Waals surface area contributed by atoms with Gasteiger partial charge < -0.3 is 12.4 Å². The monoisotopic (exact) mass is 397 g/mol. The summed E-state index contributed by atoms with van der Waals surface area (Å²) in [5, 5.41) is 0. The average molecular weight is 399 g/mol. The van der Waals surface area contributed by atoms with Gasteiger partial charge in [0.15, 0.2) is 0 Å². The third-order valence-corrected chi connectivity index (χ3v) is 13.0. The SMILES string of the molecule is C[C](C)=[Zr+]([C]1=CC=CC1)[CH]1c2ccccc2-c2ccccc21.[Cl-]. The maximum Gasteiger partial charge on any atom is -1.00 e. The van der Waals surface area contributed by atoms with Crippen molar-refractivity contribution in [3.8, 4) is 11.1 Å². The molecule has 0 saturated heterocycles. The van der Waals surface area contributed by atoms with Gasteiger partial charge >= 0.3 is 141 Å². The Hall–Kier alpha value is -1.04. The van der Waals surface area contributed by atoms with E-state index in [1.165, 1.54) is 17.5 Å². The molecule has 0 heterocycles. The number of rotatable bonds is 2. The van der Waals surface area contributed by atoms with Crippen molar-refractivity contribution in [1.82, 2.24) is 0 Å². The molecule has 0 unspecified atom stereocenters. The number of benzene rings is 2. The van der Waals surface area contributed by atoms with Gasteiger partial charge in [0.25, 0.3) is 0 Å². The first-order chi connectivity index (χ1) is 10.8. The van der Waals surface area contributed by atoms with Gasteiger partial charge in [-0.2, -0.15) is 0 Å². The molecule has 2 aromatic carbocycles. The maximum atomic E-state index is 2.41. The van der Waals surface area contributed by atoms with E-state index in [2.05, 4.69) is 80.6 Å². The number of fused-ring (bicyclic) bond motifs is 3. The van der Waals surface area contributed by atoms with Gasteiger partial charge in [-0.05, 0) is 0 Å². The first kappa shape index (κ1) is 16.8. The van der Waals surface area contributed by atoms with E-state index in [4.69, 9.17) is 0 Å². The quantitative estimate of drug-likeness (QED) is 0.728. The van der Waals surface area contributed by atoms with Crippen molar-refractivity contribution >= 4 is 3.21 Å². The van der Waals surface area contributed by atoms with Crippen molar-refractivity contribution in [3.05, 3.63) is 81.2 Å². The van der Waals surface area contributed by atoms with E-state index in [1.54, 1.807) is 17.6 Å². The molecule has 115 valence electrons. The van der Waals surface area contributed by atoms with Gasteiger partial charge in [0, 0.05) is 0 Å². The number of hydrogen-bond acceptors (Lipinski definition) is 0. The fraction of sp³-hybridized carbons (Fsp3) is 0.190. The van der Waals surface area contributed by atoms with Gasteiger partial charge in [-0.3, -0.25) is 0 Å². The summed E-state index contributed by atoms with van der Waals surface area (Å²) in [5.74, 6) is 0. The largest absolute Gasteiger partial charge is 1.00 e. The van der Waals surface area contributed by atoms with E-state index < -0.39 is 21.3 Å². The second-order valence-corrected chi connectivity index (χ2v) is 13.8. The molecule has 0 saturated carbocycles. The summed E-state index contributed by atoms with van der Waals surface area (Å²) in [6.45, 7) is 4.74. The van der Waals surface area contributed by atoms with E-state index in [-0.39, 0.29) is 12.4 Å². The van der Waals surface area contributed by atoms with Gasteiger partial charge in [-0.15, -0.1) is 0 Å². The zero-order chi connectivity index (χ0) is 15.1. The molecule has 0 bridgehead atoms. The zero-order valence-electron chi connectivity index (χ0n) is 13.5. The Morgan fingerprint density at radius 2 is 1.48 bits per heavy atom. The predicted molar refractivity (Wildman–Crippen MR) is 91.9 cm³/mol. The smallest absolute Gasteiger partial charge is 1.00 e. The summed E-state index contributed by atoms with van der Waals surface area (Å²) >= 11 is -1.87. The normalized spacial score (nSPS) is 14.8. The molecule has 23 heavy (non-hydrogen) atoms. The molecule has 0 aromatic heterocycles. The second kappa shape index (κ2) is 6.83. The van der Waals surface area contributed by atoms with Crippen LogP contribution in [0.1, 0.15) is 35.0 Å². The molecule has 0 atom stereocenters. The minimum atomic E-state index is -1.87. The van der Waals surface area contributed by atoms with Crippen LogP contribution in [0.5, 0.6) is 0 Å². The fourth-order valence-electron chi connectivity index (χ4n) is 3.91. The van der Waals surface area contributed by atoms with Crippen molar-refractivity contribution in [2.24, 2.45) is 0 Å². The van der Waals surface area contributed by atoms with Crippen molar-refractivity contribution in [2.75, 3.05) is 0 Å². The van der Waals surface area contributed by atoms with Crippen LogP contribution in [0.2, 0.25) is 0 Å². The second-order valence-electron chi connectivity index (χ2n) is 6.35. The number of allylic oxidation sites excluding steroid dienone is 4. The van der Waals surface area contributed by atoms with Crippen molar-refractivity contribution in [1.29, 1.82) is 0 Å². The molecular formula is C21H20ClZr. The third kappa shape index (κ3) is 2.79. The van der Waals surface area contributed by atoms with E-state index in [0.717, 1.165) is 0 Å². The molecule has 2 aliphatic rings. The molecular weight excluding hydrogens is 379 g/mol. The predicted octanol–water partition coefficient (Wildman–Crippen LogP) is 2.43. The molecule has 0 aliphatic heterocycles. The van der Waals surface area contributed by atoms with Gasteiger partial charge in [0.2, 0.25) is 0 Å². The molecule has 0 radical (unpaired) electrons. The van der Waals surface area contributed by atoms with Crippen LogP contribution in [-0.2, 0) is 21.3 Å². The minimum Gasteiger partial charge on any atom is -1.00 e. The van der Waals surface area contributed by atoms with Crippen LogP contribution in [0.25, 0.3) is 11.1 Å². The molecule has 0 nitrogen and oxygen atoms in total. The zero-order valence-corrected chi connectivity index (χ0v) is 16.7. The summed E-state index contributed by atoms with van der Waals surface area (Å²) in [5.41, 5.74) is 6.09. The summed E-state index contributed by atoms with van der Waals surface area (Å²) < 4.78 is 4.11. The van der Waals surface area contributed by atoms with Crippen LogP contribution >= 0.6 is 0 Å². The molecule has 2 aliphatic carbocycles. The van der Waals surface area contributed by atoms with Crippen molar-refractivity contribution in [3.63, 3.8) is 0 Å². The first-order valence-corrected chi connectivity index (χ1v) is 11.9.